The topological polar surface area (TPSA) is 21.3 Å². The summed E-state index contributed by atoms with van der Waals surface area (Å²) in [6.07, 6.45) is 6.59. The molecule has 1 unspecified atom stereocenters. The SMILES string of the molecule is CCNC(c1ccc2c(c1)CCO2)C1CCC(C)CC1. The van der Waals surface area contributed by atoms with Gasteiger partial charge in [-0.1, -0.05) is 38.8 Å². The molecule has 1 aromatic rings. The molecule has 2 heteroatoms. The quantitative estimate of drug-likeness (QED) is 0.892. The van der Waals surface area contributed by atoms with E-state index in [4.69, 9.17) is 4.74 Å². The van der Waals surface area contributed by atoms with Gasteiger partial charge in [-0.2, -0.15) is 0 Å². The van der Waals surface area contributed by atoms with Crippen LogP contribution in [-0.4, -0.2) is 13.2 Å². The van der Waals surface area contributed by atoms with Crippen LogP contribution in [0.5, 0.6) is 5.75 Å². The first-order chi connectivity index (χ1) is 9.78. The average molecular weight is 273 g/mol. The summed E-state index contributed by atoms with van der Waals surface area (Å²) in [5.74, 6) is 2.81. The van der Waals surface area contributed by atoms with Crippen LogP contribution in [0.4, 0.5) is 0 Å². The summed E-state index contributed by atoms with van der Waals surface area (Å²) < 4.78 is 5.63. The van der Waals surface area contributed by atoms with E-state index in [1.54, 1.807) is 0 Å². The molecule has 1 atom stereocenters. The van der Waals surface area contributed by atoms with Crippen molar-refractivity contribution in [3.8, 4) is 5.75 Å². The lowest BCUT2D eigenvalue weighted by molar-refractivity contribution is 0.233. The fourth-order valence-corrected chi connectivity index (χ4v) is 3.80. The third-order valence-electron chi connectivity index (χ3n) is 5.03. The van der Waals surface area contributed by atoms with Gasteiger partial charge in [-0.05, 0) is 48.4 Å². The Hall–Kier alpha value is -1.02. The highest BCUT2D eigenvalue weighted by atomic mass is 16.5. The number of hydrogen-bond donors (Lipinski definition) is 1. The van der Waals surface area contributed by atoms with Crippen LogP contribution in [0.1, 0.15) is 56.7 Å². The summed E-state index contributed by atoms with van der Waals surface area (Å²) in [6, 6.07) is 7.36. The normalized spacial score (nSPS) is 26.9. The maximum absolute atomic E-state index is 5.63. The van der Waals surface area contributed by atoms with Gasteiger partial charge in [0.25, 0.3) is 0 Å². The molecule has 0 radical (unpaired) electrons. The summed E-state index contributed by atoms with van der Waals surface area (Å²) in [5.41, 5.74) is 2.87. The average Bonchev–Trinajstić information content (AvgIpc) is 2.93. The first kappa shape index (κ1) is 13.9. The van der Waals surface area contributed by atoms with E-state index in [1.165, 1.54) is 36.8 Å². The first-order valence-corrected chi connectivity index (χ1v) is 8.27. The van der Waals surface area contributed by atoms with Crippen LogP contribution >= 0.6 is 0 Å². The van der Waals surface area contributed by atoms with Crippen molar-refractivity contribution in [2.45, 2.75) is 52.0 Å². The number of nitrogens with one attached hydrogen (secondary N) is 1. The van der Waals surface area contributed by atoms with E-state index in [0.717, 1.165) is 37.2 Å². The maximum Gasteiger partial charge on any atom is 0.122 e. The lowest BCUT2D eigenvalue weighted by Gasteiger charge is -2.33. The Morgan fingerprint density at radius 1 is 1.25 bits per heavy atom. The molecule has 20 heavy (non-hydrogen) atoms. The molecule has 1 aliphatic heterocycles. The Labute approximate surface area is 122 Å². The molecule has 0 amide bonds. The smallest absolute Gasteiger partial charge is 0.122 e. The number of ether oxygens (including phenoxy) is 1. The molecule has 2 nitrogen and oxygen atoms in total. The maximum atomic E-state index is 5.63. The van der Waals surface area contributed by atoms with Crippen LogP contribution in [-0.2, 0) is 6.42 Å². The van der Waals surface area contributed by atoms with E-state index >= 15 is 0 Å². The predicted molar refractivity (Wildman–Crippen MR) is 83.2 cm³/mol. The van der Waals surface area contributed by atoms with Gasteiger partial charge in [0.2, 0.25) is 0 Å². The van der Waals surface area contributed by atoms with E-state index in [-0.39, 0.29) is 0 Å². The number of rotatable bonds is 4. The monoisotopic (exact) mass is 273 g/mol. The van der Waals surface area contributed by atoms with Gasteiger partial charge >= 0.3 is 0 Å². The Balaban J connectivity index is 1.79. The molecule has 1 saturated carbocycles. The molecule has 1 aromatic carbocycles. The highest BCUT2D eigenvalue weighted by Gasteiger charge is 2.27. The third kappa shape index (κ3) is 2.85. The molecule has 2 aliphatic rings. The van der Waals surface area contributed by atoms with Gasteiger partial charge in [-0.3, -0.25) is 0 Å². The van der Waals surface area contributed by atoms with Crippen LogP contribution in [0, 0.1) is 11.8 Å². The fraction of sp³-hybridized carbons (Fsp3) is 0.667. The molecule has 1 heterocycles. The molecule has 3 rings (SSSR count). The molecule has 0 bridgehead atoms. The minimum absolute atomic E-state index is 0.526. The van der Waals surface area contributed by atoms with Crippen LogP contribution in [0.25, 0.3) is 0 Å². The van der Waals surface area contributed by atoms with Crippen LogP contribution in [0.3, 0.4) is 0 Å². The fourth-order valence-electron chi connectivity index (χ4n) is 3.80. The second-order valence-corrected chi connectivity index (χ2v) is 6.52. The molecule has 1 fully saturated rings. The standard InChI is InChI=1S/C18H27NO/c1-3-19-18(14-6-4-13(2)5-7-14)16-8-9-17-15(12-16)10-11-20-17/h8-9,12-14,18-19H,3-7,10-11H2,1-2H3. The van der Waals surface area contributed by atoms with Crippen molar-refractivity contribution in [2.75, 3.05) is 13.2 Å². The second-order valence-electron chi connectivity index (χ2n) is 6.52. The molecule has 1 aliphatic carbocycles. The van der Waals surface area contributed by atoms with Crippen molar-refractivity contribution in [2.24, 2.45) is 11.8 Å². The van der Waals surface area contributed by atoms with E-state index < -0.39 is 0 Å². The van der Waals surface area contributed by atoms with Crippen molar-refractivity contribution in [1.82, 2.24) is 5.32 Å². The van der Waals surface area contributed by atoms with Gasteiger partial charge in [0.15, 0.2) is 0 Å². The minimum Gasteiger partial charge on any atom is -0.493 e. The summed E-state index contributed by atoms with van der Waals surface area (Å²) in [7, 11) is 0. The molecule has 0 aromatic heterocycles. The van der Waals surface area contributed by atoms with E-state index in [2.05, 4.69) is 37.4 Å². The lowest BCUT2D eigenvalue weighted by Crippen LogP contribution is -2.30. The zero-order valence-corrected chi connectivity index (χ0v) is 12.8. The molecule has 1 N–H and O–H groups in total. The number of fused-ring (bicyclic) bond motifs is 1. The van der Waals surface area contributed by atoms with Crippen molar-refractivity contribution in [3.63, 3.8) is 0 Å². The Morgan fingerprint density at radius 2 is 2.05 bits per heavy atom. The summed E-state index contributed by atoms with van der Waals surface area (Å²) in [5, 5.41) is 3.73. The Bertz CT molecular complexity index is 449. The Morgan fingerprint density at radius 3 is 2.80 bits per heavy atom. The number of benzene rings is 1. The summed E-state index contributed by atoms with van der Waals surface area (Å²) >= 11 is 0. The summed E-state index contributed by atoms with van der Waals surface area (Å²) in [4.78, 5) is 0. The van der Waals surface area contributed by atoms with Crippen LogP contribution < -0.4 is 10.1 Å². The van der Waals surface area contributed by atoms with E-state index in [9.17, 15) is 0 Å². The van der Waals surface area contributed by atoms with Crippen molar-refractivity contribution in [1.29, 1.82) is 0 Å². The van der Waals surface area contributed by atoms with E-state index in [1.807, 2.05) is 0 Å². The molecule has 0 spiro atoms. The highest BCUT2D eigenvalue weighted by molar-refractivity contribution is 5.41. The van der Waals surface area contributed by atoms with E-state index in [0.29, 0.717) is 6.04 Å². The van der Waals surface area contributed by atoms with Crippen molar-refractivity contribution < 1.29 is 4.74 Å². The molecule has 110 valence electrons. The van der Waals surface area contributed by atoms with Crippen LogP contribution in [0.15, 0.2) is 18.2 Å². The largest absolute Gasteiger partial charge is 0.493 e. The zero-order valence-electron chi connectivity index (χ0n) is 12.8. The second kappa shape index (κ2) is 6.17. The van der Waals surface area contributed by atoms with Gasteiger partial charge in [-0.15, -0.1) is 0 Å². The minimum atomic E-state index is 0.526. The molecular formula is C18H27NO. The molecule has 0 saturated heterocycles. The third-order valence-corrected chi connectivity index (χ3v) is 5.03. The van der Waals surface area contributed by atoms with Gasteiger partial charge in [0.1, 0.15) is 5.75 Å². The van der Waals surface area contributed by atoms with Gasteiger partial charge in [0.05, 0.1) is 6.61 Å². The zero-order chi connectivity index (χ0) is 13.9. The van der Waals surface area contributed by atoms with Gasteiger partial charge in [0, 0.05) is 12.5 Å². The van der Waals surface area contributed by atoms with Crippen molar-refractivity contribution >= 4 is 0 Å². The van der Waals surface area contributed by atoms with Crippen LogP contribution in [0.2, 0.25) is 0 Å². The van der Waals surface area contributed by atoms with Crippen molar-refractivity contribution in [3.05, 3.63) is 29.3 Å². The first-order valence-electron chi connectivity index (χ1n) is 8.27. The predicted octanol–water partition coefficient (Wildman–Crippen LogP) is 4.10. The van der Waals surface area contributed by atoms with Gasteiger partial charge < -0.3 is 10.1 Å². The van der Waals surface area contributed by atoms with Gasteiger partial charge in [-0.25, -0.2) is 0 Å². The highest BCUT2D eigenvalue weighted by Crippen LogP contribution is 2.38. The molecular weight excluding hydrogens is 246 g/mol. The lowest BCUT2D eigenvalue weighted by atomic mass is 9.77. The Kier molecular flexibility index (Phi) is 4.30. The summed E-state index contributed by atoms with van der Waals surface area (Å²) in [6.45, 7) is 6.51. The number of hydrogen-bond acceptors (Lipinski definition) is 2.